The van der Waals surface area contributed by atoms with Crippen molar-refractivity contribution in [2.45, 2.75) is 33.1 Å². The number of nitrogens with one attached hydrogen (secondary N) is 1. The number of pyridine rings is 1. The zero-order valence-electron chi connectivity index (χ0n) is 11.4. The first kappa shape index (κ1) is 14.9. The number of hydrogen-bond donors (Lipinski definition) is 1. The summed E-state index contributed by atoms with van der Waals surface area (Å²) < 4.78 is 0.532. The second-order valence-electron chi connectivity index (χ2n) is 4.82. The van der Waals surface area contributed by atoms with Crippen LogP contribution in [0.5, 0.6) is 0 Å². The van der Waals surface area contributed by atoms with Crippen LogP contribution in [0.4, 0.5) is 0 Å². The summed E-state index contributed by atoms with van der Waals surface area (Å²) in [5.41, 5.74) is 2.51. The molecule has 98 valence electrons. The maximum Gasteiger partial charge on any atom is 0.121 e. The summed E-state index contributed by atoms with van der Waals surface area (Å²) in [5, 5.41) is 8.65. The largest absolute Gasteiger partial charge is 0.349 e. The molecule has 0 aliphatic carbocycles. The third kappa shape index (κ3) is 4.59. The molecule has 0 amide bonds. The zero-order valence-corrected chi connectivity index (χ0v) is 12.2. The highest BCUT2D eigenvalue weighted by Gasteiger charge is 2.02. The van der Waals surface area contributed by atoms with Gasteiger partial charge in [0.25, 0.3) is 0 Å². The number of nitrogens with zero attached hydrogens (tertiary/aromatic N) is 2. The molecule has 3 nitrogen and oxygen atoms in total. The molecule has 0 saturated carbocycles. The van der Waals surface area contributed by atoms with Crippen LogP contribution in [0.25, 0.3) is 0 Å². The first-order chi connectivity index (χ1) is 8.54. The van der Waals surface area contributed by atoms with Crippen molar-refractivity contribution in [2.75, 3.05) is 20.1 Å². The van der Waals surface area contributed by atoms with E-state index in [9.17, 15) is 0 Å². The number of aryl methyl sites for hydroxylation is 2. The Morgan fingerprint density at radius 3 is 2.28 bits per heavy atom. The fourth-order valence-electron chi connectivity index (χ4n) is 2.04. The fourth-order valence-corrected chi connectivity index (χ4v) is 2.41. The summed E-state index contributed by atoms with van der Waals surface area (Å²) in [5.74, 6) is 0. The Morgan fingerprint density at radius 1 is 1.28 bits per heavy atom. The Morgan fingerprint density at radius 2 is 1.89 bits per heavy atom. The Bertz CT molecular complexity index is 479. The van der Waals surface area contributed by atoms with Gasteiger partial charge in [-0.2, -0.15) is 5.26 Å². The summed E-state index contributed by atoms with van der Waals surface area (Å²) in [6.07, 6.45) is 4.28. The number of aromatic nitrogens is 1. The maximum absolute atomic E-state index is 8.65. The van der Waals surface area contributed by atoms with Crippen LogP contribution in [0, 0.1) is 29.8 Å². The zero-order chi connectivity index (χ0) is 13.5. The maximum atomic E-state index is 8.65. The van der Waals surface area contributed by atoms with Crippen molar-refractivity contribution < 1.29 is 0 Å². The van der Waals surface area contributed by atoms with Crippen LogP contribution in [-0.2, 0) is 0 Å². The lowest BCUT2D eigenvalue weighted by Gasteiger charge is -2.20. The predicted octanol–water partition coefficient (Wildman–Crippen LogP) is 3.33. The molecule has 1 aliphatic rings. The highest BCUT2D eigenvalue weighted by Crippen LogP contribution is 2.08. The number of rotatable bonds is 0. The van der Waals surface area contributed by atoms with Gasteiger partial charge in [-0.25, -0.2) is 0 Å². The SMILES string of the molecule is CN1CCCCC1.Cc1cc(C)c(C#N)c(=S)[nH]1. The lowest BCUT2D eigenvalue weighted by Crippen LogP contribution is -2.24. The number of piperidine rings is 1. The summed E-state index contributed by atoms with van der Waals surface area (Å²) in [7, 11) is 2.19. The van der Waals surface area contributed by atoms with Gasteiger partial charge in [-0.3, -0.25) is 0 Å². The van der Waals surface area contributed by atoms with Gasteiger partial charge in [-0.1, -0.05) is 18.6 Å². The molecular formula is C14H21N3S. The van der Waals surface area contributed by atoms with E-state index in [0.29, 0.717) is 10.2 Å². The van der Waals surface area contributed by atoms with Crippen molar-refractivity contribution in [1.82, 2.24) is 9.88 Å². The molecule has 1 N–H and O–H groups in total. The first-order valence-electron chi connectivity index (χ1n) is 6.33. The van der Waals surface area contributed by atoms with Crippen LogP contribution >= 0.6 is 12.2 Å². The van der Waals surface area contributed by atoms with E-state index in [1.165, 1.54) is 32.4 Å². The van der Waals surface area contributed by atoms with Crippen LogP contribution in [-0.4, -0.2) is 30.0 Å². The molecule has 0 atom stereocenters. The molecule has 4 heteroatoms. The van der Waals surface area contributed by atoms with Crippen LogP contribution in [0.2, 0.25) is 0 Å². The minimum Gasteiger partial charge on any atom is -0.349 e. The summed E-state index contributed by atoms with van der Waals surface area (Å²) >= 11 is 4.95. The minimum absolute atomic E-state index is 0.532. The Balaban J connectivity index is 0.000000199. The van der Waals surface area contributed by atoms with Crippen LogP contribution < -0.4 is 0 Å². The second kappa shape index (κ2) is 7.30. The molecular weight excluding hydrogens is 242 g/mol. The van der Waals surface area contributed by atoms with E-state index in [4.69, 9.17) is 17.5 Å². The van der Waals surface area contributed by atoms with Gasteiger partial charge in [-0.15, -0.1) is 0 Å². The van der Waals surface area contributed by atoms with Crippen LogP contribution in [0.1, 0.15) is 36.1 Å². The Kier molecular flexibility index (Phi) is 6.03. The van der Waals surface area contributed by atoms with Gasteiger partial charge in [0.05, 0.1) is 5.56 Å². The molecule has 0 bridgehead atoms. The average molecular weight is 263 g/mol. The fraction of sp³-hybridized carbons (Fsp3) is 0.571. The van der Waals surface area contributed by atoms with Crippen molar-refractivity contribution in [1.29, 1.82) is 5.26 Å². The van der Waals surface area contributed by atoms with Crippen LogP contribution in [0.3, 0.4) is 0 Å². The van der Waals surface area contributed by atoms with Crippen molar-refractivity contribution in [3.63, 3.8) is 0 Å². The van der Waals surface area contributed by atoms with Gasteiger partial charge in [0.2, 0.25) is 0 Å². The minimum atomic E-state index is 0.532. The van der Waals surface area contributed by atoms with E-state index in [1.807, 2.05) is 19.9 Å². The van der Waals surface area contributed by atoms with Crippen molar-refractivity contribution >= 4 is 12.2 Å². The molecule has 0 spiro atoms. The average Bonchev–Trinajstić information content (AvgIpc) is 2.30. The molecule has 1 aromatic rings. The highest BCUT2D eigenvalue weighted by molar-refractivity contribution is 7.71. The molecule has 18 heavy (non-hydrogen) atoms. The summed E-state index contributed by atoms with van der Waals surface area (Å²) in [4.78, 5) is 5.32. The third-order valence-corrected chi connectivity index (χ3v) is 3.36. The van der Waals surface area contributed by atoms with Gasteiger partial charge in [0.1, 0.15) is 10.7 Å². The van der Waals surface area contributed by atoms with Crippen molar-refractivity contribution in [3.8, 4) is 6.07 Å². The normalized spacial score (nSPS) is 15.4. The van der Waals surface area contributed by atoms with E-state index in [0.717, 1.165) is 11.3 Å². The molecule has 1 aromatic heterocycles. The molecule has 0 radical (unpaired) electrons. The van der Waals surface area contributed by atoms with Gasteiger partial charge in [0, 0.05) is 5.69 Å². The number of hydrogen-bond acceptors (Lipinski definition) is 3. The predicted molar refractivity (Wildman–Crippen MR) is 77.2 cm³/mol. The van der Waals surface area contributed by atoms with Gasteiger partial charge in [-0.05, 0) is 58.5 Å². The molecule has 0 aromatic carbocycles. The van der Waals surface area contributed by atoms with Gasteiger partial charge >= 0.3 is 0 Å². The molecule has 0 unspecified atom stereocenters. The molecule has 2 heterocycles. The van der Waals surface area contributed by atoms with E-state index in [-0.39, 0.29) is 0 Å². The van der Waals surface area contributed by atoms with E-state index in [1.54, 1.807) is 0 Å². The number of nitriles is 1. The third-order valence-electron chi connectivity index (χ3n) is 3.06. The lowest BCUT2D eigenvalue weighted by atomic mass is 10.1. The van der Waals surface area contributed by atoms with E-state index >= 15 is 0 Å². The summed E-state index contributed by atoms with van der Waals surface area (Å²) in [6, 6.07) is 3.97. The smallest absolute Gasteiger partial charge is 0.121 e. The Hall–Kier alpha value is -1.18. The molecule has 1 fully saturated rings. The molecule has 1 saturated heterocycles. The van der Waals surface area contributed by atoms with Crippen LogP contribution in [0.15, 0.2) is 6.07 Å². The topological polar surface area (TPSA) is 42.8 Å². The Labute approximate surface area is 114 Å². The quantitative estimate of drug-likeness (QED) is 0.730. The monoisotopic (exact) mass is 263 g/mol. The lowest BCUT2D eigenvalue weighted by molar-refractivity contribution is 0.277. The van der Waals surface area contributed by atoms with Gasteiger partial charge < -0.3 is 9.88 Å². The molecule has 1 aliphatic heterocycles. The highest BCUT2D eigenvalue weighted by atomic mass is 32.1. The van der Waals surface area contributed by atoms with E-state index < -0.39 is 0 Å². The van der Waals surface area contributed by atoms with E-state index in [2.05, 4.69) is 23.0 Å². The number of aromatic amines is 1. The van der Waals surface area contributed by atoms with Gasteiger partial charge in [0.15, 0.2) is 0 Å². The molecule has 2 rings (SSSR count). The first-order valence-corrected chi connectivity index (χ1v) is 6.74. The van der Waals surface area contributed by atoms with Crippen molar-refractivity contribution in [2.24, 2.45) is 0 Å². The van der Waals surface area contributed by atoms with Crippen molar-refractivity contribution in [3.05, 3.63) is 27.5 Å². The number of H-pyrrole nitrogens is 1. The summed E-state index contributed by atoms with van der Waals surface area (Å²) in [6.45, 7) is 6.44. The standard InChI is InChI=1S/C8H8N2S.C6H13N/c1-5-3-6(2)10-8(11)7(5)4-9;1-7-5-3-2-4-6-7/h3H,1-2H3,(H,10,11);2-6H2,1H3. The number of likely N-dealkylation sites (tertiary alicyclic amines) is 1. The second-order valence-corrected chi connectivity index (χ2v) is 5.22.